The Morgan fingerprint density at radius 2 is 0.545 bits per heavy atom. The Bertz CT molecular complexity index is 3920. The highest BCUT2D eigenvalue weighted by Crippen LogP contribution is 2.31. The van der Waals surface area contributed by atoms with Crippen molar-refractivity contribution in [3.8, 4) is 68.7 Å². The summed E-state index contributed by atoms with van der Waals surface area (Å²) in [7, 11) is 0. The molecule has 0 bridgehead atoms. The van der Waals surface area contributed by atoms with Crippen LogP contribution in [0.5, 0.6) is 0 Å². The van der Waals surface area contributed by atoms with E-state index in [0.29, 0.717) is 40.5 Å². The second-order valence-electron chi connectivity index (χ2n) is 16.2. The summed E-state index contributed by atoms with van der Waals surface area (Å²) in [6, 6.07) is 27.7. The van der Waals surface area contributed by atoms with Crippen LogP contribution in [-0.4, -0.2) is 94.7 Å². The summed E-state index contributed by atoms with van der Waals surface area (Å²) in [5.74, 6) is 4.14. The van der Waals surface area contributed by atoms with Gasteiger partial charge < -0.3 is 39.9 Å². The van der Waals surface area contributed by atoms with Gasteiger partial charge >= 0.3 is 0 Å². The number of fused-ring (bicyclic) bond motifs is 8. The molecule has 4 aromatic carbocycles. The smallest absolute Gasteiger partial charge is 0.157 e. The van der Waals surface area contributed by atoms with Gasteiger partial charge in [-0.2, -0.15) is 0 Å². The van der Waals surface area contributed by atoms with E-state index < -0.39 is 0 Å². The van der Waals surface area contributed by atoms with E-state index in [1.54, 1.807) is 31.2 Å². The average Bonchev–Trinajstić information content (AvgIpc) is 4.21. The van der Waals surface area contributed by atoms with Crippen molar-refractivity contribution in [2.45, 2.75) is 0 Å². The van der Waals surface area contributed by atoms with Crippen LogP contribution in [0.25, 0.3) is 157 Å². The van der Waals surface area contributed by atoms with Gasteiger partial charge in [0, 0.05) is 35.3 Å². The molecule has 0 saturated heterocycles. The summed E-state index contributed by atoms with van der Waals surface area (Å²) < 4.78 is 0. The van der Waals surface area contributed by atoms with Crippen molar-refractivity contribution in [1.82, 2.24) is 94.7 Å². The minimum atomic E-state index is 0.652. The molecule has 0 unspecified atom stereocenters. The molecular formula is C47H27N19. The van der Waals surface area contributed by atoms with Crippen LogP contribution in [0.2, 0.25) is 0 Å². The Morgan fingerprint density at radius 1 is 0.258 bits per heavy atom. The summed E-state index contributed by atoms with van der Waals surface area (Å²) in [6.07, 6.45) is 8.75. The van der Waals surface area contributed by atoms with Gasteiger partial charge in [0.05, 0.1) is 101 Å². The predicted octanol–water partition coefficient (Wildman–Crippen LogP) is 8.88. The van der Waals surface area contributed by atoms with Crippen molar-refractivity contribution in [3.63, 3.8) is 0 Å². The lowest BCUT2D eigenvalue weighted by Gasteiger charge is -1.99. The molecule has 0 aliphatic carbocycles. The SMILES string of the molecule is c1nc2cc3nc(-c4ccc(-c5nc6cc7nc(-c8ccc(-c9nc%10cc%11nc(-c%12ccc(-c%13nc%14cc%15nc[nH]c%15cc%14[nH]%13)nc%12)[nH]c%11cc%10[nH]9)nc8)[nH]c7cc6[nH]5)nc4)[nH]c3cc2[nH]1. The second kappa shape index (κ2) is 12.8. The lowest BCUT2D eigenvalue weighted by atomic mass is 10.2. The Kier molecular flexibility index (Phi) is 6.74. The number of pyridine rings is 3. The molecule has 0 atom stereocenters. The monoisotopic (exact) mass is 857 g/mol. The van der Waals surface area contributed by atoms with Crippen LogP contribution in [0.1, 0.15) is 0 Å². The molecular weight excluding hydrogens is 831 g/mol. The Hall–Kier alpha value is -9.91. The van der Waals surface area contributed by atoms with Gasteiger partial charge in [0.15, 0.2) is 17.5 Å². The largest absolute Gasteiger partial charge is 0.345 e. The number of imidazole rings is 8. The number of nitrogens with zero attached hydrogens (tertiary/aromatic N) is 11. The van der Waals surface area contributed by atoms with Gasteiger partial charge in [-0.05, 0) is 84.9 Å². The molecule has 0 aliphatic rings. The van der Waals surface area contributed by atoms with Gasteiger partial charge in [0.25, 0.3) is 0 Å². The first-order valence-electron chi connectivity index (χ1n) is 20.9. The molecule has 19 heteroatoms. The molecule has 11 heterocycles. The van der Waals surface area contributed by atoms with Crippen LogP contribution in [0.4, 0.5) is 0 Å². The lowest BCUT2D eigenvalue weighted by Crippen LogP contribution is -1.88. The predicted molar refractivity (Wildman–Crippen MR) is 250 cm³/mol. The summed E-state index contributed by atoms with van der Waals surface area (Å²) in [6.45, 7) is 0. The molecule has 0 amide bonds. The maximum Gasteiger partial charge on any atom is 0.157 e. The summed E-state index contributed by atoms with van der Waals surface area (Å²) in [4.78, 5) is 78.6. The van der Waals surface area contributed by atoms with Crippen LogP contribution >= 0.6 is 0 Å². The fourth-order valence-corrected chi connectivity index (χ4v) is 8.70. The van der Waals surface area contributed by atoms with Gasteiger partial charge in [-0.25, -0.2) is 39.9 Å². The maximum absolute atomic E-state index is 4.89. The van der Waals surface area contributed by atoms with Gasteiger partial charge in [-0.15, -0.1) is 0 Å². The van der Waals surface area contributed by atoms with Crippen LogP contribution < -0.4 is 0 Å². The zero-order valence-corrected chi connectivity index (χ0v) is 33.9. The van der Waals surface area contributed by atoms with Crippen molar-refractivity contribution in [2.24, 2.45) is 0 Å². The minimum absolute atomic E-state index is 0.652. The van der Waals surface area contributed by atoms with E-state index in [1.165, 1.54) is 0 Å². The second-order valence-corrected chi connectivity index (χ2v) is 16.2. The Morgan fingerprint density at radius 3 is 0.864 bits per heavy atom. The van der Waals surface area contributed by atoms with E-state index in [9.17, 15) is 0 Å². The zero-order chi connectivity index (χ0) is 43.0. The maximum atomic E-state index is 4.89. The summed E-state index contributed by atoms with van der Waals surface area (Å²) >= 11 is 0. The molecule has 0 spiro atoms. The third-order valence-corrected chi connectivity index (χ3v) is 12.1. The highest BCUT2D eigenvalue weighted by atomic mass is 15.0. The molecule has 0 fully saturated rings. The number of hydrogen-bond donors (Lipinski definition) is 8. The van der Waals surface area contributed by atoms with Crippen LogP contribution in [0.15, 0.2) is 116 Å². The van der Waals surface area contributed by atoms with Crippen molar-refractivity contribution >= 4 is 88.3 Å². The van der Waals surface area contributed by atoms with Gasteiger partial charge in [-0.3, -0.25) is 15.0 Å². The van der Waals surface area contributed by atoms with E-state index in [2.05, 4.69) is 49.8 Å². The van der Waals surface area contributed by atoms with Crippen LogP contribution in [-0.2, 0) is 0 Å². The first-order valence-corrected chi connectivity index (χ1v) is 20.9. The van der Waals surface area contributed by atoms with Crippen molar-refractivity contribution < 1.29 is 0 Å². The standard InChI is InChI=1S/C47H27N19/c1-5-24(49-15-20(1)42-55-30-7-26-27(52-18-51-26)8-31(30)56-42)46-63-38-13-36-37(14-39(38)64-46)60-44(59-36)22-3-6-25(50-17-22)47-65-40-11-34-35(12-41(40)66-47)58-43(57-34)21-2-4-23(48-16-21)45-61-32-9-28-29(54-19-53-28)10-33(32)62-45/h1-19H,(H,51,52)(H,53,54)(H,55,56)(H,57,58)(H,59,60)(H,61,62)(H,63,64)(H,65,66). The van der Waals surface area contributed by atoms with Gasteiger partial charge in [0.2, 0.25) is 0 Å². The minimum Gasteiger partial charge on any atom is -0.345 e. The van der Waals surface area contributed by atoms with Crippen molar-refractivity contribution in [1.29, 1.82) is 0 Å². The Balaban J connectivity index is 0.651. The fraction of sp³-hybridized carbons (Fsp3) is 0. The third kappa shape index (κ3) is 5.40. The molecule has 11 aromatic heterocycles. The number of rotatable bonds is 6. The van der Waals surface area contributed by atoms with Gasteiger partial charge in [0.1, 0.15) is 34.6 Å². The van der Waals surface area contributed by atoms with Crippen molar-refractivity contribution in [2.75, 3.05) is 0 Å². The van der Waals surface area contributed by atoms with E-state index in [-0.39, 0.29) is 0 Å². The lowest BCUT2D eigenvalue weighted by molar-refractivity contribution is 1.22. The molecule has 15 rings (SSSR count). The summed E-state index contributed by atoms with van der Waals surface area (Å²) in [5.41, 5.74) is 18.5. The first kappa shape index (κ1) is 34.7. The quantitative estimate of drug-likeness (QED) is 0.0782. The number of nitrogens with one attached hydrogen (secondary N) is 8. The van der Waals surface area contributed by atoms with E-state index >= 15 is 0 Å². The van der Waals surface area contributed by atoms with Crippen LogP contribution in [0.3, 0.4) is 0 Å². The van der Waals surface area contributed by atoms with Crippen LogP contribution in [0, 0.1) is 0 Å². The van der Waals surface area contributed by atoms with E-state index in [0.717, 1.165) is 116 Å². The molecule has 0 aliphatic heterocycles. The molecule has 0 saturated carbocycles. The van der Waals surface area contributed by atoms with E-state index in [4.69, 9.17) is 44.9 Å². The first-order chi connectivity index (χ1) is 32.5. The topological polar surface area (TPSA) is 268 Å². The normalized spacial score (nSPS) is 12.2. The van der Waals surface area contributed by atoms with Gasteiger partial charge in [-0.1, -0.05) is 0 Å². The zero-order valence-electron chi connectivity index (χ0n) is 33.9. The molecule has 19 nitrogen and oxygen atoms in total. The highest BCUT2D eigenvalue weighted by molar-refractivity contribution is 5.97. The Labute approximate surface area is 366 Å². The molecule has 0 radical (unpaired) electrons. The number of H-pyrrole nitrogens is 8. The van der Waals surface area contributed by atoms with E-state index in [1.807, 2.05) is 84.9 Å². The molecule has 66 heavy (non-hydrogen) atoms. The number of benzene rings is 4. The molecule has 8 N–H and O–H groups in total. The highest BCUT2D eigenvalue weighted by Gasteiger charge is 2.17. The third-order valence-electron chi connectivity index (χ3n) is 12.1. The number of aromatic amines is 8. The van der Waals surface area contributed by atoms with Crippen molar-refractivity contribution in [3.05, 3.63) is 116 Å². The average molecular weight is 858 g/mol. The summed E-state index contributed by atoms with van der Waals surface area (Å²) in [5, 5.41) is 0. The molecule has 310 valence electrons. The number of aromatic nitrogens is 19. The molecule has 15 aromatic rings. The fourth-order valence-electron chi connectivity index (χ4n) is 8.70. The number of hydrogen-bond acceptors (Lipinski definition) is 11.